The molecule has 0 spiro atoms. The normalized spacial score (nSPS) is 10.1. The van der Waals surface area contributed by atoms with E-state index < -0.39 is 0 Å². The van der Waals surface area contributed by atoms with Gasteiger partial charge in [0.2, 0.25) is 0 Å². The fourth-order valence-corrected chi connectivity index (χ4v) is 1.84. The zero-order chi connectivity index (χ0) is 12.6. The third-order valence-electron chi connectivity index (χ3n) is 2.46. The van der Waals surface area contributed by atoms with Gasteiger partial charge in [0.1, 0.15) is 0 Å². The van der Waals surface area contributed by atoms with E-state index in [4.69, 9.17) is 0 Å². The molecular weight excluding hydrogens is 331 g/mol. The molecule has 0 aliphatic rings. The Hall–Kier alpha value is -1.53. The first-order chi connectivity index (χ1) is 8.90. The predicted molar refractivity (Wildman–Crippen MR) is 86.8 cm³/mol. The van der Waals surface area contributed by atoms with Gasteiger partial charge in [-0.25, -0.2) is 0 Å². The average Bonchev–Trinajstić information content (AvgIpc) is 2.45. The largest absolute Gasteiger partial charge is 0.0818 e. The zero-order valence-corrected chi connectivity index (χ0v) is 12.1. The molecule has 0 saturated carbocycles. The Morgan fingerprint density at radius 1 is 0.889 bits per heavy atom. The van der Waals surface area contributed by atoms with E-state index in [-0.39, 0.29) is 0 Å². The van der Waals surface area contributed by atoms with Crippen LogP contribution in [0.4, 0.5) is 0 Å². The van der Waals surface area contributed by atoms with Crippen molar-refractivity contribution in [2.75, 3.05) is 4.43 Å². The molecule has 0 aromatic heterocycles. The van der Waals surface area contributed by atoms with Crippen LogP contribution in [0, 0.1) is 11.8 Å². The second-order valence-corrected chi connectivity index (χ2v) is 4.64. The third-order valence-corrected chi connectivity index (χ3v) is 2.97. The zero-order valence-electron chi connectivity index (χ0n) is 9.94. The predicted octanol–water partition coefficient (Wildman–Crippen LogP) is 4.53. The van der Waals surface area contributed by atoms with Gasteiger partial charge in [0.25, 0.3) is 0 Å². The van der Waals surface area contributed by atoms with Gasteiger partial charge in [-0.1, -0.05) is 83.0 Å². The van der Waals surface area contributed by atoms with Crippen molar-refractivity contribution in [1.82, 2.24) is 0 Å². The van der Waals surface area contributed by atoms with Crippen LogP contribution in [-0.2, 0) is 0 Å². The van der Waals surface area contributed by atoms with Crippen LogP contribution in [0.5, 0.6) is 0 Å². The summed E-state index contributed by atoms with van der Waals surface area (Å²) in [5.41, 5.74) is 3.30. The quantitative estimate of drug-likeness (QED) is 0.426. The van der Waals surface area contributed by atoms with Gasteiger partial charge < -0.3 is 0 Å². The number of hydrogen-bond donors (Lipinski definition) is 0. The SMILES string of the molecule is IC/C=C/c1ccccc1C#Cc1ccccc1. The highest BCUT2D eigenvalue weighted by Crippen LogP contribution is 2.10. The van der Waals surface area contributed by atoms with Gasteiger partial charge in [-0.05, 0) is 23.8 Å². The molecule has 1 heteroatoms. The minimum absolute atomic E-state index is 1.01. The number of halogens is 1. The second-order valence-electron chi connectivity index (χ2n) is 3.76. The molecule has 0 saturated heterocycles. The molecule has 2 rings (SSSR count). The van der Waals surface area contributed by atoms with Crippen molar-refractivity contribution in [2.45, 2.75) is 0 Å². The van der Waals surface area contributed by atoms with E-state index in [1.165, 1.54) is 5.56 Å². The average molecular weight is 344 g/mol. The smallest absolute Gasteiger partial charge is 0.0321 e. The molecule has 0 aliphatic carbocycles. The highest BCUT2D eigenvalue weighted by atomic mass is 127. The molecule has 0 nitrogen and oxygen atoms in total. The molecule has 0 heterocycles. The number of rotatable bonds is 2. The van der Waals surface area contributed by atoms with Crippen molar-refractivity contribution in [3.8, 4) is 11.8 Å². The van der Waals surface area contributed by atoms with Crippen LogP contribution < -0.4 is 0 Å². The molecule has 0 radical (unpaired) electrons. The minimum atomic E-state index is 1.01. The molecule has 0 aliphatic heterocycles. The van der Waals surface area contributed by atoms with Crippen LogP contribution in [0.3, 0.4) is 0 Å². The van der Waals surface area contributed by atoms with Crippen molar-refractivity contribution >= 4 is 28.7 Å². The first kappa shape index (κ1) is 12.9. The van der Waals surface area contributed by atoms with E-state index in [9.17, 15) is 0 Å². The fourth-order valence-electron chi connectivity index (χ4n) is 1.59. The topological polar surface area (TPSA) is 0 Å². The summed E-state index contributed by atoms with van der Waals surface area (Å²) in [6.45, 7) is 0. The van der Waals surface area contributed by atoms with Crippen LogP contribution in [-0.4, -0.2) is 4.43 Å². The van der Waals surface area contributed by atoms with Crippen molar-refractivity contribution in [3.05, 3.63) is 77.4 Å². The highest BCUT2D eigenvalue weighted by Gasteiger charge is 1.93. The molecule has 88 valence electrons. The molecule has 0 N–H and O–H groups in total. The summed E-state index contributed by atoms with van der Waals surface area (Å²) in [7, 11) is 0. The Morgan fingerprint density at radius 3 is 2.39 bits per heavy atom. The second kappa shape index (κ2) is 7.03. The Kier molecular flexibility index (Phi) is 5.04. The molecular formula is C17H13I. The van der Waals surface area contributed by atoms with Crippen molar-refractivity contribution in [2.24, 2.45) is 0 Å². The molecule has 0 atom stereocenters. The lowest BCUT2D eigenvalue weighted by Gasteiger charge is -1.97. The maximum atomic E-state index is 3.23. The van der Waals surface area contributed by atoms with Crippen LogP contribution in [0.25, 0.3) is 6.08 Å². The number of alkyl halides is 1. The summed E-state index contributed by atoms with van der Waals surface area (Å²) >= 11 is 2.33. The van der Waals surface area contributed by atoms with E-state index in [2.05, 4.69) is 58.7 Å². The standard InChI is InChI=1S/C17H13I/c18-14-6-11-16-9-4-5-10-17(16)13-12-15-7-2-1-3-8-15/h1-11H,14H2/b11-6+. The molecule has 0 unspecified atom stereocenters. The first-order valence-corrected chi connectivity index (χ1v) is 7.31. The summed E-state index contributed by atoms with van der Waals surface area (Å²) in [6.07, 6.45) is 4.27. The fraction of sp³-hybridized carbons (Fsp3) is 0.0588. The highest BCUT2D eigenvalue weighted by molar-refractivity contribution is 14.1. The summed E-state index contributed by atoms with van der Waals surface area (Å²) in [4.78, 5) is 0. The van der Waals surface area contributed by atoms with Gasteiger partial charge in [-0.15, -0.1) is 0 Å². The molecule has 0 fully saturated rings. The van der Waals surface area contributed by atoms with Crippen molar-refractivity contribution < 1.29 is 0 Å². The maximum Gasteiger partial charge on any atom is 0.0321 e. The third kappa shape index (κ3) is 3.75. The summed E-state index contributed by atoms with van der Waals surface area (Å²) in [6, 6.07) is 18.3. The summed E-state index contributed by atoms with van der Waals surface area (Å²) < 4.78 is 1.01. The molecule has 18 heavy (non-hydrogen) atoms. The Balaban J connectivity index is 2.30. The summed E-state index contributed by atoms with van der Waals surface area (Å²) in [5, 5.41) is 0. The molecule has 0 bridgehead atoms. The van der Waals surface area contributed by atoms with E-state index in [0.717, 1.165) is 15.6 Å². The summed E-state index contributed by atoms with van der Waals surface area (Å²) in [5.74, 6) is 6.43. The van der Waals surface area contributed by atoms with Crippen molar-refractivity contribution in [3.63, 3.8) is 0 Å². The maximum absolute atomic E-state index is 3.23. The molecule has 2 aromatic rings. The van der Waals surface area contributed by atoms with Gasteiger partial charge in [-0.2, -0.15) is 0 Å². The number of hydrogen-bond acceptors (Lipinski definition) is 0. The lowest BCUT2D eigenvalue weighted by Crippen LogP contribution is -1.81. The van der Waals surface area contributed by atoms with E-state index >= 15 is 0 Å². The molecule has 2 aromatic carbocycles. The number of allylic oxidation sites excluding steroid dienone is 1. The Labute approximate surface area is 122 Å². The van der Waals surface area contributed by atoms with Gasteiger partial charge in [0, 0.05) is 15.6 Å². The lowest BCUT2D eigenvalue weighted by atomic mass is 10.1. The van der Waals surface area contributed by atoms with Crippen LogP contribution >= 0.6 is 22.6 Å². The van der Waals surface area contributed by atoms with Gasteiger partial charge >= 0.3 is 0 Å². The monoisotopic (exact) mass is 344 g/mol. The lowest BCUT2D eigenvalue weighted by molar-refractivity contribution is 1.58. The van der Waals surface area contributed by atoms with Gasteiger partial charge in [-0.3, -0.25) is 0 Å². The first-order valence-electron chi connectivity index (χ1n) is 5.79. The van der Waals surface area contributed by atoms with Crippen LogP contribution in [0.2, 0.25) is 0 Å². The van der Waals surface area contributed by atoms with E-state index in [0.29, 0.717) is 0 Å². The van der Waals surface area contributed by atoms with Crippen LogP contribution in [0.15, 0.2) is 60.7 Å². The Bertz CT molecular complexity index is 586. The van der Waals surface area contributed by atoms with Crippen LogP contribution in [0.1, 0.15) is 16.7 Å². The van der Waals surface area contributed by atoms with Gasteiger partial charge in [0.05, 0.1) is 0 Å². The molecule has 0 amide bonds. The Morgan fingerprint density at radius 2 is 1.61 bits per heavy atom. The number of benzene rings is 2. The van der Waals surface area contributed by atoms with Gasteiger partial charge in [0.15, 0.2) is 0 Å². The van der Waals surface area contributed by atoms with E-state index in [1.54, 1.807) is 0 Å². The minimum Gasteiger partial charge on any atom is -0.0818 e. The van der Waals surface area contributed by atoms with Crippen molar-refractivity contribution in [1.29, 1.82) is 0 Å². The van der Waals surface area contributed by atoms with E-state index in [1.807, 2.05) is 42.5 Å².